The van der Waals surface area contributed by atoms with Gasteiger partial charge in [-0.3, -0.25) is 20.0 Å². The Hall–Kier alpha value is -1.45. The van der Waals surface area contributed by atoms with E-state index in [9.17, 15) is 4.79 Å². The van der Waals surface area contributed by atoms with Crippen LogP contribution in [0.1, 0.15) is 5.56 Å². The molecule has 0 spiro atoms. The fourth-order valence-corrected chi connectivity index (χ4v) is 3.72. The number of carbonyl (C=O) groups is 1. The fourth-order valence-electron chi connectivity index (χ4n) is 3.24. The van der Waals surface area contributed by atoms with Crippen LogP contribution in [0.5, 0.6) is 0 Å². The minimum atomic E-state index is -0.199. The SMILES string of the molecule is Cc1cc(Br)ccc1N1C=C2C(=O)NC(N3CCOCC3)NC2N1. The first-order valence-corrected chi connectivity index (χ1v) is 8.83. The van der Waals surface area contributed by atoms with Gasteiger partial charge in [-0.15, -0.1) is 0 Å². The third-order valence-corrected chi connectivity index (χ3v) is 5.02. The molecule has 2 atom stereocenters. The summed E-state index contributed by atoms with van der Waals surface area (Å²) in [6, 6.07) is 6.08. The average Bonchev–Trinajstić information content (AvgIpc) is 3.00. The molecule has 3 aliphatic rings. The third-order valence-electron chi connectivity index (χ3n) is 4.53. The maximum absolute atomic E-state index is 12.5. The van der Waals surface area contributed by atoms with Crippen molar-refractivity contribution in [2.75, 3.05) is 31.3 Å². The van der Waals surface area contributed by atoms with Gasteiger partial charge in [0.2, 0.25) is 0 Å². The second-order valence-corrected chi connectivity index (χ2v) is 7.05. The molecule has 1 aromatic carbocycles. The van der Waals surface area contributed by atoms with Crippen molar-refractivity contribution in [1.82, 2.24) is 21.0 Å². The highest BCUT2D eigenvalue weighted by Crippen LogP contribution is 2.27. The monoisotopic (exact) mass is 393 g/mol. The Kier molecular flexibility index (Phi) is 4.31. The number of anilines is 1. The van der Waals surface area contributed by atoms with Crippen LogP contribution < -0.4 is 21.1 Å². The molecule has 0 aromatic heterocycles. The third kappa shape index (κ3) is 2.96. The highest BCUT2D eigenvalue weighted by atomic mass is 79.9. The van der Waals surface area contributed by atoms with Crippen molar-refractivity contribution in [3.63, 3.8) is 0 Å². The van der Waals surface area contributed by atoms with Crippen molar-refractivity contribution in [1.29, 1.82) is 0 Å². The zero-order chi connectivity index (χ0) is 16.7. The van der Waals surface area contributed by atoms with Crippen molar-refractivity contribution in [2.45, 2.75) is 19.4 Å². The van der Waals surface area contributed by atoms with Crippen LogP contribution in [0.4, 0.5) is 5.69 Å². The molecule has 24 heavy (non-hydrogen) atoms. The summed E-state index contributed by atoms with van der Waals surface area (Å²) in [4.78, 5) is 14.7. The van der Waals surface area contributed by atoms with Crippen LogP contribution in [-0.2, 0) is 9.53 Å². The summed E-state index contributed by atoms with van der Waals surface area (Å²) in [5.41, 5.74) is 6.21. The molecule has 3 aliphatic heterocycles. The van der Waals surface area contributed by atoms with Crippen molar-refractivity contribution >= 4 is 27.5 Å². The quantitative estimate of drug-likeness (QED) is 0.684. The van der Waals surface area contributed by atoms with Gasteiger partial charge in [0.15, 0.2) is 0 Å². The van der Waals surface area contributed by atoms with Gasteiger partial charge in [-0.2, -0.15) is 0 Å². The highest BCUT2D eigenvalue weighted by Gasteiger charge is 2.38. The Morgan fingerprint density at radius 3 is 2.83 bits per heavy atom. The van der Waals surface area contributed by atoms with Gasteiger partial charge in [-0.05, 0) is 30.7 Å². The molecule has 4 rings (SSSR count). The number of morpholine rings is 1. The van der Waals surface area contributed by atoms with E-state index in [4.69, 9.17) is 4.74 Å². The van der Waals surface area contributed by atoms with Crippen LogP contribution in [0.25, 0.3) is 0 Å². The van der Waals surface area contributed by atoms with Gasteiger partial charge in [0, 0.05) is 23.8 Å². The first kappa shape index (κ1) is 16.0. The van der Waals surface area contributed by atoms with E-state index in [0.717, 1.165) is 28.8 Å². The molecular weight excluding hydrogens is 374 g/mol. The summed E-state index contributed by atoms with van der Waals surface area (Å²) >= 11 is 3.48. The number of carbonyl (C=O) groups excluding carboxylic acids is 1. The number of amides is 1. The van der Waals surface area contributed by atoms with Crippen LogP contribution in [0.3, 0.4) is 0 Å². The smallest absolute Gasteiger partial charge is 0.254 e. The van der Waals surface area contributed by atoms with Crippen LogP contribution in [0.15, 0.2) is 34.4 Å². The van der Waals surface area contributed by atoms with Crippen molar-refractivity contribution in [3.8, 4) is 0 Å². The standard InChI is InChI=1S/C16H20BrN5O2/c1-10-8-11(17)2-3-13(10)22-9-12-14(20-22)18-16(19-15(12)23)21-4-6-24-7-5-21/h2-3,8-9,14,16,18,20H,4-7H2,1H3,(H,19,23). The van der Waals surface area contributed by atoms with Crippen molar-refractivity contribution < 1.29 is 9.53 Å². The molecular formula is C16H20BrN5O2. The lowest BCUT2D eigenvalue weighted by Gasteiger charge is -2.40. The Labute approximate surface area is 149 Å². The van der Waals surface area contributed by atoms with Crippen LogP contribution >= 0.6 is 15.9 Å². The van der Waals surface area contributed by atoms with Gasteiger partial charge in [0.1, 0.15) is 12.5 Å². The maximum atomic E-state index is 12.5. The first-order valence-electron chi connectivity index (χ1n) is 8.04. The first-order chi connectivity index (χ1) is 11.6. The Bertz CT molecular complexity index is 689. The number of hydrogen-bond donors (Lipinski definition) is 3. The molecule has 0 radical (unpaired) electrons. The van der Waals surface area contributed by atoms with E-state index < -0.39 is 0 Å². The predicted molar refractivity (Wildman–Crippen MR) is 93.8 cm³/mol. The number of benzene rings is 1. The number of hydrazine groups is 1. The number of hydrogen-bond acceptors (Lipinski definition) is 6. The molecule has 128 valence electrons. The number of fused-ring (bicyclic) bond motifs is 1. The molecule has 2 fully saturated rings. The second-order valence-electron chi connectivity index (χ2n) is 6.14. The molecule has 3 heterocycles. The van der Waals surface area contributed by atoms with Gasteiger partial charge in [-0.1, -0.05) is 15.9 Å². The lowest BCUT2D eigenvalue weighted by molar-refractivity contribution is -0.123. The molecule has 3 N–H and O–H groups in total. The molecule has 1 aromatic rings. The van der Waals surface area contributed by atoms with E-state index in [2.05, 4.69) is 43.0 Å². The summed E-state index contributed by atoms with van der Waals surface area (Å²) in [6.45, 7) is 5.04. The van der Waals surface area contributed by atoms with Gasteiger partial charge < -0.3 is 10.1 Å². The normalized spacial score (nSPS) is 27.7. The molecule has 0 saturated carbocycles. The molecule has 8 heteroatoms. The van der Waals surface area contributed by atoms with E-state index in [1.807, 2.05) is 30.3 Å². The number of rotatable bonds is 2. The minimum Gasteiger partial charge on any atom is -0.379 e. The van der Waals surface area contributed by atoms with Crippen LogP contribution in [0, 0.1) is 6.92 Å². The Morgan fingerprint density at radius 2 is 2.08 bits per heavy atom. The number of nitrogens with one attached hydrogen (secondary N) is 3. The van der Waals surface area contributed by atoms with E-state index >= 15 is 0 Å². The maximum Gasteiger partial charge on any atom is 0.254 e. The number of halogens is 1. The molecule has 1 amide bonds. The summed E-state index contributed by atoms with van der Waals surface area (Å²) < 4.78 is 6.42. The molecule has 0 aliphatic carbocycles. The fraction of sp³-hybridized carbons (Fsp3) is 0.438. The average molecular weight is 394 g/mol. The van der Waals surface area contributed by atoms with Crippen LogP contribution in [0.2, 0.25) is 0 Å². The molecule has 7 nitrogen and oxygen atoms in total. The lowest BCUT2D eigenvalue weighted by atomic mass is 10.1. The molecule has 2 unspecified atom stereocenters. The summed E-state index contributed by atoms with van der Waals surface area (Å²) in [6.07, 6.45) is 1.48. The van der Waals surface area contributed by atoms with Gasteiger partial charge in [0.25, 0.3) is 5.91 Å². The number of nitrogens with zero attached hydrogens (tertiary/aromatic N) is 2. The van der Waals surface area contributed by atoms with Gasteiger partial charge in [0.05, 0.1) is 24.5 Å². The second kappa shape index (κ2) is 6.45. The minimum absolute atomic E-state index is 0.0417. The molecule has 0 bridgehead atoms. The predicted octanol–water partition coefficient (Wildman–Crippen LogP) is 0.627. The van der Waals surface area contributed by atoms with Gasteiger partial charge >= 0.3 is 0 Å². The summed E-state index contributed by atoms with van der Waals surface area (Å²) in [5.74, 6) is -0.0417. The number of aryl methyl sites for hydroxylation is 1. The lowest BCUT2D eigenvalue weighted by Crippen LogP contribution is -2.68. The largest absolute Gasteiger partial charge is 0.379 e. The Balaban J connectivity index is 1.52. The van der Waals surface area contributed by atoms with E-state index in [-0.39, 0.29) is 18.4 Å². The van der Waals surface area contributed by atoms with E-state index in [0.29, 0.717) is 18.8 Å². The van der Waals surface area contributed by atoms with Crippen LogP contribution in [-0.4, -0.2) is 49.6 Å². The topological polar surface area (TPSA) is 68.9 Å². The molecule has 2 saturated heterocycles. The highest BCUT2D eigenvalue weighted by molar-refractivity contribution is 9.10. The van der Waals surface area contributed by atoms with Gasteiger partial charge in [-0.25, -0.2) is 5.43 Å². The van der Waals surface area contributed by atoms with E-state index in [1.165, 1.54) is 0 Å². The van der Waals surface area contributed by atoms with Crippen molar-refractivity contribution in [3.05, 3.63) is 40.0 Å². The van der Waals surface area contributed by atoms with E-state index in [1.54, 1.807) is 0 Å². The summed E-state index contributed by atoms with van der Waals surface area (Å²) in [7, 11) is 0. The number of ether oxygens (including phenoxy) is 1. The Morgan fingerprint density at radius 1 is 1.29 bits per heavy atom. The summed E-state index contributed by atoms with van der Waals surface area (Å²) in [5, 5.41) is 8.40. The zero-order valence-corrected chi connectivity index (χ0v) is 15.0. The van der Waals surface area contributed by atoms with Crippen molar-refractivity contribution in [2.24, 2.45) is 0 Å². The zero-order valence-electron chi connectivity index (χ0n) is 13.4.